The molecule has 0 bridgehead atoms. The van der Waals surface area contributed by atoms with Crippen molar-refractivity contribution in [2.24, 2.45) is 0 Å². The number of aromatic nitrogens is 1. The maximum absolute atomic E-state index is 9.87. The van der Waals surface area contributed by atoms with Crippen LogP contribution in [0.1, 0.15) is 28.8 Å². The van der Waals surface area contributed by atoms with Gasteiger partial charge < -0.3 is 18.9 Å². The van der Waals surface area contributed by atoms with Gasteiger partial charge in [-0.25, -0.2) is 0 Å². The molecular formula is C20H18N2O3. The molecule has 1 atom stereocenters. The summed E-state index contributed by atoms with van der Waals surface area (Å²) in [4.78, 5) is 5.90. The Morgan fingerprint density at radius 3 is 2.80 bits per heavy atom. The van der Waals surface area contributed by atoms with Gasteiger partial charge in [0, 0.05) is 23.1 Å². The molecule has 0 radical (unpaired) electrons. The maximum atomic E-state index is 9.87. The Bertz CT molecular complexity index is 999. The van der Waals surface area contributed by atoms with Crippen molar-refractivity contribution in [3.63, 3.8) is 0 Å². The van der Waals surface area contributed by atoms with Crippen LogP contribution >= 0.6 is 0 Å². The lowest BCUT2D eigenvalue weighted by Gasteiger charge is -2.34. The molecule has 0 fully saturated rings. The second-order valence-corrected chi connectivity index (χ2v) is 6.46. The van der Waals surface area contributed by atoms with Gasteiger partial charge in [0.15, 0.2) is 0 Å². The smallest absolute Gasteiger partial charge is 0.126 e. The molecule has 0 amide bonds. The lowest BCUT2D eigenvalue weighted by atomic mass is 9.95. The molecule has 5 rings (SSSR count). The number of nitrogens with one attached hydrogen (secondary N) is 1. The Labute approximate surface area is 144 Å². The minimum atomic E-state index is -0.00149. The van der Waals surface area contributed by atoms with E-state index in [-0.39, 0.29) is 6.04 Å². The molecule has 4 heterocycles. The minimum Gasteiger partial charge on any atom is -0.508 e. The van der Waals surface area contributed by atoms with Gasteiger partial charge in [0.25, 0.3) is 0 Å². The predicted octanol–water partition coefficient (Wildman–Crippen LogP) is 4.21. The maximum Gasteiger partial charge on any atom is 0.126 e. The SMILES string of the molecule is Oc1ccc2[nH]c3c(c2c1)CCN(Cc1ccco1)C3c1ccco1. The topological polar surface area (TPSA) is 65.5 Å². The van der Waals surface area contributed by atoms with Gasteiger partial charge in [-0.15, -0.1) is 0 Å². The number of phenolic OH excluding ortho intramolecular Hbond substituents is 1. The molecule has 126 valence electrons. The van der Waals surface area contributed by atoms with Crippen molar-refractivity contribution < 1.29 is 13.9 Å². The second-order valence-electron chi connectivity index (χ2n) is 6.46. The van der Waals surface area contributed by atoms with Crippen LogP contribution < -0.4 is 0 Å². The Kier molecular flexibility index (Phi) is 3.21. The first-order valence-corrected chi connectivity index (χ1v) is 8.43. The summed E-state index contributed by atoms with van der Waals surface area (Å²) in [6.07, 6.45) is 4.33. The van der Waals surface area contributed by atoms with E-state index in [0.717, 1.165) is 47.6 Å². The van der Waals surface area contributed by atoms with Crippen LogP contribution in [0.3, 0.4) is 0 Å². The van der Waals surface area contributed by atoms with Crippen LogP contribution in [0.2, 0.25) is 0 Å². The molecular weight excluding hydrogens is 316 g/mol. The van der Waals surface area contributed by atoms with Crippen molar-refractivity contribution in [1.82, 2.24) is 9.88 Å². The summed E-state index contributed by atoms with van der Waals surface area (Å²) in [6.45, 7) is 1.61. The number of rotatable bonds is 3. The van der Waals surface area contributed by atoms with Crippen molar-refractivity contribution in [3.8, 4) is 5.75 Å². The van der Waals surface area contributed by atoms with Gasteiger partial charge in [0.2, 0.25) is 0 Å². The zero-order valence-corrected chi connectivity index (χ0v) is 13.6. The molecule has 2 N–H and O–H groups in total. The van der Waals surface area contributed by atoms with Crippen LogP contribution in [-0.2, 0) is 13.0 Å². The highest BCUT2D eigenvalue weighted by Crippen LogP contribution is 2.39. The summed E-state index contributed by atoms with van der Waals surface area (Å²) in [6, 6.07) is 13.3. The van der Waals surface area contributed by atoms with Gasteiger partial charge >= 0.3 is 0 Å². The molecule has 1 aliphatic heterocycles. The normalized spacial score (nSPS) is 17.8. The molecule has 0 spiro atoms. The highest BCUT2D eigenvalue weighted by Gasteiger charge is 2.33. The van der Waals surface area contributed by atoms with Gasteiger partial charge in [-0.05, 0) is 54.4 Å². The minimum absolute atomic E-state index is 0.00149. The summed E-state index contributed by atoms with van der Waals surface area (Å²) in [5.41, 5.74) is 3.43. The number of aromatic hydroxyl groups is 1. The average Bonchev–Trinajstić information content (AvgIpc) is 3.35. The Morgan fingerprint density at radius 1 is 1.12 bits per heavy atom. The third kappa shape index (κ3) is 2.36. The number of phenols is 1. The zero-order valence-electron chi connectivity index (χ0n) is 13.6. The van der Waals surface area contributed by atoms with Crippen molar-refractivity contribution in [2.75, 3.05) is 6.54 Å². The van der Waals surface area contributed by atoms with Crippen LogP contribution in [0.5, 0.6) is 5.75 Å². The second kappa shape index (κ2) is 5.57. The van der Waals surface area contributed by atoms with Gasteiger partial charge in [0.05, 0.1) is 19.1 Å². The Morgan fingerprint density at radius 2 is 2.00 bits per heavy atom. The lowest BCUT2D eigenvalue weighted by molar-refractivity contribution is 0.168. The molecule has 0 aliphatic carbocycles. The zero-order chi connectivity index (χ0) is 16.8. The van der Waals surface area contributed by atoms with Crippen LogP contribution in [-0.4, -0.2) is 21.5 Å². The van der Waals surface area contributed by atoms with Crippen molar-refractivity contribution in [1.29, 1.82) is 0 Å². The standard InChI is InChI=1S/C20H18N2O3/c23-13-5-6-17-16(11-13)15-7-8-22(12-14-3-1-9-24-14)20(19(15)21-17)18-4-2-10-25-18/h1-6,9-11,20-21,23H,7-8,12H2. The van der Waals surface area contributed by atoms with Crippen molar-refractivity contribution >= 4 is 10.9 Å². The van der Waals surface area contributed by atoms with Crippen LogP contribution in [0.25, 0.3) is 10.9 Å². The fraction of sp³-hybridized carbons (Fsp3) is 0.200. The number of aromatic amines is 1. The monoisotopic (exact) mass is 334 g/mol. The average molecular weight is 334 g/mol. The highest BCUT2D eigenvalue weighted by atomic mass is 16.3. The summed E-state index contributed by atoms with van der Waals surface area (Å²) in [7, 11) is 0. The quantitative estimate of drug-likeness (QED) is 0.589. The molecule has 1 aliphatic rings. The van der Waals surface area contributed by atoms with Crippen molar-refractivity contribution in [2.45, 2.75) is 19.0 Å². The fourth-order valence-electron chi connectivity index (χ4n) is 3.87. The predicted molar refractivity (Wildman–Crippen MR) is 93.3 cm³/mol. The fourth-order valence-corrected chi connectivity index (χ4v) is 3.87. The first kappa shape index (κ1) is 14.4. The van der Waals surface area contributed by atoms with Gasteiger partial charge in [-0.2, -0.15) is 0 Å². The van der Waals surface area contributed by atoms with E-state index in [4.69, 9.17) is 8.83 Å². The molecule has 0 saturated carbocycles. The molecule has 3 aromatic heterocycles. The summed E-state index contributed by atoms with van der Waals surface area (Å²) >= 11 is 0. The van der Waals surface area contributed by atoms with E-state index < -0.39 is 0 Å². The van der Waals surface area contributed by atoms with Gasteiger partial charge in [0.1, 0.15) is 23.3 Å². The third-order valence-electron chi connectivity index (χ3n) is 4.96. The molecule has 1 unspecified atom stereocenters. The van der Waals surface area contributed by atoms with Crippen LogP contribution in [0.15, 0.2) is 63.8 Å². The summed E-state index contributed by atoms with van der Waals surface area (Å²) < 4.78 is 11.3. The summed E-state index contributed by atoms with van der Waals surface area (Å²) in [5.74, 6) is 2.14. The molecule has 4 aromatic rings. The number of hydrogen-bond acceptors (Lipinski definition) is 4. The molecule has 5 nitrogen and oxygen atoms in total. The van der Waals surface area contributed by atoms with E-state index in [9.17, 15) is 5.11 Å². The molecule has 5 heteroatoms. The van der Waals surface area contributed by atoms with E-state index in [1.54, 1.807) is 18.6 Å². The number of fused-ring (bicyclic) bond motifs is 3. The Hall–Kier alpha value is -2.92. The Balaban J connectivity index is 1.64. The largest absolute Gasteiger partial charge is 0.508 e. The molecule has 25 heavy (non-hydrogen) atoms. The number of nitrogens with zero attached hydrogens (tertiary/aromatic N) is 1. The highest BCUT2D eigenvalue weighted by molar-refractivity contribution is 5.86. The third-order valence-corrected chi connectivity index (χ3v) is 4.96. The summed E-state index contributed by atoms with van der Waals surface area (Å²) in [5, 5.41) is 11.0. The van der Waals surface area contributed by atoms with E-state index in [0.29, 0.717) is 5.75 Å². The van der Waals surface area contributed by atoms with Gasteiger partial charge in [-0.1, -0.05) is 0 Å². The molecule has 0 saturated heterocycles. The van der Waals surface area contributed by atoms with Crippen LogP contribution in [0, 0.1) is 0 Å². The number of H-pyrrole nitrogens is 1. The van der Waals surface area contributed by atoms with E-state index in [1.807, 2.05) is 36.4 Å². The first-order valence-electron chi connectivity index (χ1n) is 8.43. The van der Waals surface area contributed by atoms with E-state index in [2.05, 4.69) is 9.88 Å². The first-order chi connectivity index (χ1) is 12.3. The number of hydrogen-bond donors (Lipinski definition) is 2. The van der Waals surface area contributed by atoms with E-state index in [1.165, 1.54) is 5.56 Å². The van der Waals surface area contributed by atoms with E-state index >= 15 is 0 Å². The lowest BCUT2D eigenvalue weighted by Crippen LogP contribution is -2.35. The van der Waals surface area contributed by atoms with Crippen molar-refractivity contribution in [3.05, 3.63) is 77.8 Å². The number of furan rings is 2. The van der Waals surface area contributed by atoms with Crippen LogP contribution in [0.4, 0.5) is 0 Å². The number of benzene rings is 1. The van der Waals surface area contributed by atoms with Gasteiger partial charge in [-0.3, -0.25) is 4.90 Å². The molecule has 1 aromatic carbocycles.